The van der Waals surface area contributed by atoms with Crippen molar-refractivity contribution in [2.45, 2.75) is 13.5 Å². The Kier molecular flexibility index (Phi) is 4.42. The largest absolute Gasteiger partial charge is 0.478 e. The highest BCUT2D eigenvalue weighted by atomic mass is 19.1. The first-order chi connectivity index (χ1) is 10.0. The van der Waals surface area contributed by atoms with E-state index < -0.39 is 11.8 Å². The third-order valence-corrected chi connectivity index (χ3v) is 3.29. The number of rotatable bonds is 5. The van der Waals surface area contributed by atoms with Crippen molar-refractivity contribution < 1.29 is 14.3 Å². The number of carboxylic acid groups (broad SMARTS) is 1. The summed E-state index contributed by atoms with van der Waals surface area (Å²) in [5, 5.41) is 9.10. The van der Waals surface area contributed by atoms with E-state index in [4.69, 9.17) is 10.8 Å². The van der Waals surface area contributed by atoms with Crippen molar-refractivity contribution in [3.05, 3.63) is 59.4 Å². The van der Waals surface area contributed by atoms with Crippen molar-refractivity contribution in [1.82, 2.24) is 0 Å². The van der Waals surface area contributed by atoms with Crippen LogP contribution < -0.4 is 10.6 Å². The summed E-state index contributed by atoms with van der Waals surface area (Å²) in [7, 11) is 0. The lowest BCUT2D eigenvalue weighted by Gasteiger charge is -2.24. The Bertz CT molecular complexity index is 644. The van der Waals surface area contributed by atoms with E-state index in [2.05, 4.69) is 0 Å². The van der Waals surface area contributed by atoms with Crippen LogP contribution in [0.25, 0.3) is 0 Å². The molecule has 0 aromatic heterocycles. The highest BCUT2D eigenvalue weighted by molar-refractivity contribution is 5.95. The molecule has 2 aromatic rings. The van der Waals surface area contributed by atoms with Crippen LogP contribution in [0.15, 0.2) is 42.5 Å². The average molecular weight is 288 g/mol. The van der Waals surface area contributed by atoms with Crippen LogP contribution in [0.5, 0.6) is 0 Å². The number of nitrogens with zero attached hydrogens (tertiary/aromatic N) is 1. The van der Waals surface area contributed by atoms with E-state index in [9.17, 15) is 9.18 Å². The third-order valence-electron chi connectivity index (χ3n) is 3.29. The lowest BCUT2D eigenvalue weighted by Crippen LogP contribution is -2.23. The molecular formula is C16H17FN2O2. The molecule has 0 amide bonds. The average Bonchev–Trinajstić information content (AvgIpc) is 2.46. The summed E-state index contributed by atoms with van der Waals surface area (Å²) in [6.45, 7) is 2.94. The van der Waals surface area contributed by atoms with Gasteiger partial charge in [0, 0.05) is 18.8 Å². The summed E-state index contributed by atoms with van der Waals surface area (Å²) in [5.74, 6) is -1.68. The van der Waals surface area contributed by atoms with Gasteiger partial charge < -0.3 is 15.7 Å². The van der Waals surface area contributed by atoms with Crippen molar-refractivity contribution >= 4 is 17.3 Å². The summed E-state index contributed by atoms with van der Waals surface area (Å²) in [4.78, 5) is 12.9. The molecule has 2 rings (SSSR count). The molecule has 110 valence electrons. The van der Waals surface area contributed by atoms with Gasteiger partial charge in [0.1, 0.15) is 5.82 Å². The maximum atomic E-state index is 14.1. The van der Waals surface area contributed by atoms with Gasteiger partial charge in [-0.15, -0.1) is 0 Å². The predicted octanol–water partition coefficient (Wildman–Crippen LogP) is 3.13. The molecule has 0 saturated heterocycles. The van der Waals surface area contributed by atoms with E-state index in [-0.39, 0.29) is 16.9 Å². The van der Waals surface area contributed by atoms with Crippen LogP contribution in [0, 0.1) is 5.82 Å². The van der Waals surface area contributed by atoms with Crippen molar-refractivity contribution in [3.63, 3.8) is 0 Å². The van der Waals surface area contributed by atoms with E-state index in [1.54, 1.807) is 4.90 Å². The van der Waals surface area contributed by atoms with Crippen LogP contribution in [0.1, 0.15) is 22.8 Å². The number of carbonyl (C=O) groups is 1. The van der Waals surface area contributed by atoms with E-state index in [1.807, 2.05) is 37.3 Å². The SMILES string of the molecule is CCN(Cc1ccccc1)c1cc(C(=O)O)c(N)cc1F. The molecular weight excluding hydrogens is 271 g/mol. The predicted molar refractivity (Wildman–Crippen MR) is 80.9 cm³/mol. The Morgan fingerprint density at radius 3 is 2.52 bits per heavy atom. The molecule has 0 aliphatic rings. The van der Waals surface area contributed by atoms with Crippen LogP contribution in [-0.4, -0.2) is 17.6 Å². The molecule has 4 nitrogen and oxygen atoms in total. The Morgan fingerprint density at radius 2 is 1.95 bits per heavy atom. The molecule has 0 atom stereocenters. The molecule has 0 fully saturated rings. The minimum atomic E-state index is -1.16. The van der Waals surface area contributed by atoms with E-state index >= 15 is 0 Å². The van der Waals surface area contributed by atoms with Crippen LogP contribution in [-0.2, 0) is 6.54 Å². The van der Waals surface area contributed by atoms with Crippen LogP contribution in [0.4, 0.5) is 15.8 Å². The maximum Gasteiger partial charge on any atom is 0.337 e. The number of aromatic carboxylic acids is 1. The first-order valence-electron chi connectivity index (χ1n) is 6.64. The molecule has 0 radical (unpaired) electrons. The summed E-state index contributed by atoms with van der Waals surface area (Å²) in [6, 6.07) is 12.0. The van der Waals surface area contributed by atoms with Crippen molar-refractivity contribution in [2.24, 2.45) is 0 Å². The van der Waals surface area contributed by atoms with Crippen LogP contribution in [0.2, 0.25) is 0 Å². The van der Waals surface area contributed by atoms with E-state index in [0.717, 1.165) is 11.6 Å². The maximum absolute atomic E-state index is 14.1. The quantitative estimate of drug-likeness (QED) is 0.829. The fourth-order valence-corrected chi connectivity index (χ4v) is 2.18. The zero-order valence-electron chi connectivity index (χ0n) is 11.7. The molecule has 0 spiro atoms. The zero-order valence-corrected chi connectivity index (χ0v) is 11.7. The number of nitrogen functional groups attached to an aromatic ring is 1. The minimum absolute atomic E-state index is 0.0699. The van der Waals surface area contributed by atoms with Crippen LogP contribution >= 0.6 is 0 Å². The molecule has 2 aromatic carbocycles. The molecule has 0 heterocycles. The highest BCUT2D eigenvalue weighted by Gasteiger charge is 2.17. The van der Waals surface area contributed by atoms with E-state index in [1.165, 1.54) is 6.07 Å². The van der Waals surface area contributed by atoms with Crippen molar-refractivity contribution in [2.75, 3.05) is 17.2 Å². The minimum Gasteiger partial charge on any atom is -0.478 e. The first-order valence-corrected chi connectivity index (χ1v) is 6.64. The van der Waals surface area contributed by atoms with Gasteiger partial charge in [0.05, 0.1) is 11.3 Å². The van der Waals surface area contributed by atoms with Gasteiger partial charge in [-0.05, 0) is 24.6 Å². The number of benzene rings is 2. The summed E-state index contributed by atoms with van der Waals surface area (Å²) >= 11 is 0. The molecule has 5 heteroatoms. The van der Waals surface area contributed by atoms with Crippen molar-refractivity contribution in [3.8, 4) is 0 Å². The van der Waals surface area contributed by atoms with Gasteiger partial charge in [0.15, 0.2) is 0 Å². The number of anilines is 2. The molecule has 0 unspecified atom stereocenters. The Balaban J connectivity index is 2.38. The Labute approximate surface area is 122 Å². The second-order valence-corrected chi connectivity index (χ2v) is 4.70. The molecule has 21 heavy (non-hydrogen) atoms. The number of hydrogen-bond acceptors (Lipinski definition) is 3. The van der Waals surface area contributed by atoms with Crippen LogP contribution in [0.3, 0.4) is 0 Å². The molecule has 0 bridgehead atoms. The van der Waals surface area contributed by atoms with E-state index in [0.29, 0.717) is 13.1 Å². The topological polar surface area (TPSA) is 66.6 Å². The zero-order chi connectivity index (χ0) is 15.4. The molecule has 0 aliphatic carbocycles. The summed E-state index contributed by atoms with van der Waals surface area (Å²) in [6.07, 6.45) is 0. The molecule has 3 N–H and O–H groups in total. The van der Waals surface area contributed by atoms with Crippen molar-refractivity contribution in [1.29, 1.82) is 0 Å². The Morgan fingerprint density at radius 1 is 1.29 bits per heavy atom. The van der Waals surface area contributed by atoms with Gasteiger partial charge in [-0.1, -0.05) is 30.3 Å². The number of halogens is 1. The number of carboxylic acids is 1. The fraction of sp³-hybridized carbons (Fsp3) is 0.188. The second-order valence-electron chi connectivity index (χ2n) is 4.70. The second kappa shape index (κ2) is 6.26. The lowest BCUT2D eigenvalue weighted by atomic mass is 10.1. The summed E-state index contributed by atoms with van der Waals surface area (Å²) < 4.78 is 14.1. The summed E-state index contributed by atoms with van der Waals surface area (Å²) in [5.41, 5.74) is 6.66. The monoisotopic (exact) mass is 288 g/mol. The lowest BCUT2D eigenvalue weighted by molar-refractivity contribution is 0.0698. The number of hydrogen-bond donors (Lipinski definition) is 2. The number of nitrogens with two attached hydrogens (primary N) is 1. The Hall–Kier alpha value is -2.56. The standard InChI is InChI=1S/C16H17FN2O2/c1-2-19(10-11-6-4-3-5-7-11)15-8-12(16(20)21)14(18)9-13(15)17/h3-9H,2,10,18H2,1H3,(H,20,21). The first kappa shape index (κ1) is 14.8. The van der Waals surface area contributed by atoms with Gasteiger partial charge in [-0.3, -0.25) is 0 Å². The van der Waals surface area contributed by atoms with Gasteiger partial charge in [-0.2, -0.15) is 0 Å². The fourth-order valence-electron chi connectivity index (χ4n) is 2.18. The van der Waals surface area contributed by atoms with Gasteiger partial charge >= 0.3 is 5.97 Å². The van der Waals surface area contributed by atoms with Gasteiger partial charge in [0.2, 0.25) is 0 Å². The third kappa shape index (κ3) is 3.31. The highest BCUT2D eigenvalue weighted by Crippen LogP contribution is 2.26. The molecule has 0 saturated carbocycles. The smallest absolute Gasteiger partial charge is 0.337 e. The normalized spacial score (nSPS) is 10.4. The molecule has 0 aliphatic heterocycles. The van der Waals surface area contributed by atoms with Gasteiger partial charge in [-0.25, -0.2) is 9.18 Å². The van der Waals surface area contributed by atoms with Gasteiger partial charge in [0.25, 0.3) is 0 Å².